The molecular weight excluding hydrogens is 297 g/mol. The van der Waals surface area contributed by atoms with E-state index in [1.165, 1.54) is 0 Å². The molecule has 4 heteroatoms. The maximum absolute atomic E-state index is 13.9. The van der Waals surface area contributed by atoms with Gasteiger partial charge >= 0.3 is 0 Å². The Morgan fingerprint density at radius 3 is 2.72 bits per heavy atom. The standard InChI is InChI=1S/C14H13BrFNO/c1-9-3-2-4-12(14(9)16)18-13-7-11(15)6-5-10(13)8-17/h2-7H,8,17H2,1H3. The van der Waals surface area contributed by atoms with Gasteiger partial charge in [-0.25, -0.2) is 4.39 Å². The lowest BCUT2D eigenvalue weighted by molar-refractivity contribution is 0.435. The van der Waals surface area contributed by atoms with Crippen molar-refractivity contribution in [3.63, 3.8) is 0 Å². The van der Waals surface area contributed by atoms with Crippen molar-refractivity contribution in [1.29, 1.82) is 0 Å². The molecule has 0 unspecified atom stereocenters. The van der Waals surface area contributed by atoms with E-state index in [1.807, 2.05) is 12.1 Å². The highest BCUT2D eigenvalue weighted by Gasteiger charge is 2.10. The Labute approximate surface area is 114 Å². The fourth-order valence-electron chi connectivity index (χ4n) is 1.61. The maximum Gasteiger partial charge on any atom is 0.168 e. The summed E-state index contributed by atoms with van der Waals surface area (Å²) in [5, 5.41) is 0. The third-order valence-corrected chi connectivity index (χ3v) is 3.12. The van der Waals surface area contributed by atoms with Crippen LogP contribution in [0.2, 0.25) is 0 Å². The van der Waals surface area contributed by atoms with Gasteiger partial charge in [-0.15, -0.1) is 0 Å². The zero-order valence-electron chi connectivity index (χ0n) is 9.91. The van der Waals surface area contributed by atoms with Gasteiger partial charge in [0.05, 0.1) is 0 Å². The molecule has 0 bridgehead atoms. The van der Waals surface area contributed by atoms with Gasteiger partial charge in [-0.2, -0.15) is 0 Å². The van der Waals surface area contributed by atoms with Gasteiger partial charge in [-0.05, 0) is 30.7 Å². The number of aryl methyl sites for hydroxylation is 1. The van der Waals surface area contributed by atoms with E-state index in [9.17, 15) is 4.39 Å². The van der Waals surface area contributed by atoms with Crippen molar-refractivity contribution in [3.05, 3.63) is 57.8 Å². The van der Waals surface area contributed by atoms with Crippen LogP contribution >= 0.6 is 15.9 Å². The van der Waals surface area contributed by atoms with Gasteiger partial charge in [0.2, 0.25) is 0 Å². The third kappa shape index (κ3) is 2.71. The predicted octanol–water partition coefficient (Wildman–Crippen LogP) is 4.15. The maximum atomic E-state index is 13.9. The Morgan fingerprint density at radius 2 is 2.00 bits per heavy atom. The van der Waals surface area contributed by atoms with Gasteiger partial charge in [0, 0.05) is 16.6 Å². The topological polar surface area (TPSA) is 35.2 Å². The van der Waals surface area contributed by atoms with E-state index in [0.717, 1.165) is 10.0 Å². The Kier molecular flexibility index (Phi) is 3.99. The summed E-state index contributed by atoms with van der Waals surface area (Å²) in [5.41, 5.74) is 7.02. The van der Waals surface area contributed by atoms with Gasteiger partial charge in [0.1, 0.15) is 5.75 Å². The summed E-state index contributed by atoms with van der Waals surface area (Å²) >= 11 is 3.36. The van der Waals surface area contributed by atoms with Crippen LogP contribution < -0.4 is 10.5 Å². The number of hydrogen-bond donors (Lipinski definition) is 1. The zero-order chi connectivity index (χ0) is 13.1. The highest BCUT2D eigenvalue weighted by Crippen LogP contribution is 2.30. The average Bonchev–Trinajstić information content (AvgIpc) is 2.35. The van der Waals surface area contributed by atoms with Crippen molar-refractivity contribution >= 4 is 15.9 Å². The van der Waals surface area contributed by atoms with Gasteiger partial charge in [0.25, 0.3) is 0 Å². The molecule has 0 spiro atoms. The Bertz CT molecular complexity index is 572. The molecule has 2 aromatic rings. The summed E-state index contributed by atoms with van der Waals surface area (Å²) in [5.74, 6) is 0.430. The van der Waals surface area contributed by atoms with E-state index in [4.69, 9.17) is 10.5 Å². The molecular formula is C14H13BrFNO. The zero-order valence-corrected chi connectivity index (χ0v) is 11.5. The lowest BCUT2D eigenvalue weighted by Gasteiger charge is -2.12. The molecule has 0 atom stereocenters. The minimum absolute atomic E-state index is 0.211. The van der Waals surface area contributed by atoms with Crippen molar-refractivity contribution in [2.24, 2.45) is 5.73 Å². The van der Waals surface area contributed by atoms with Crippen LogP contribution in [-0.2, 0) is 6.54 Å². The molecule has 0 radical (unpaired) electrons. The minimum atomic E-state index is -0.347. The Balaban J connectivity index is 2.39. The van der Waals surface area contributed by atoms with Crippen molar-refractivity contribution in [3.8, 4) is 11.5 Å². The lowest BCUT2D eigenvalue weighted by atomic mass is 10.2. The van der Waals surface area contributed by atoms with Crippen LogP contribution in [0.3, 0.4) is 0 Å². The molecule has 0 aliphatic carbocycles. The first kappa shape index (κ1) is 13.1. The van der Waals surface area contributed by atoms with Crippen molar-refractivity contribution in [2.75, 3.05) is 0 Å². The molecule has 0 fully saturated rings. The number of nitrogens with two attached hydrogens (primary N) is 1. The second-order valence-electron chi connectivity index (χ2n) is 3.95. The van der Waals surface area contributed by atoms with Crippen molar-refractivity contribution < 1.29 is 9.13 Å². The molecule has 0 saturated heterocycles. The molecule has 0 aromatic heterocycles. The molecule has 0 saturated carbocycles. The van der Waals surface area contributed by atoms with Crippen LogP contribution in [0.5, 0.6) is 11.5 Å². The van der Waals surface area contributed by atoms with Gasteiger partial charge < -0.3 is 10.5 Å². The van der Waals surface area contributed by atoms with E-state index in [0.29, 0.717) is 17.9 Å². The second kappa shape index (κ2) is 5.50. The van der Waals surface area contributed by atoms with Crippen LogP contribution in [-0.4, -0.2) is 0 Å². The summed E-state index contributed by atoms with van der Waals surface area (Å²) in [4.78, 5) is 0. The largest absolute Gasteiger partial charge is 0.454 e. The molecule has 0 aliphatic rings. The van der Waals surface area contributed by atoms with Gasteiger partial charge in [0.15, 0.2) is 11.6 Å². The summed E-state index contributed by atoms with van der Waals surface area (Å²) in [6, 6.07) is 10.6. The number of ether oxygens (including phenoxy) is 1. The molecule has 2 N–H and O–H groups in total. The second-order valence-corrected chi connectivity index (χ2v) is 4.86. The van der Waals surface area contributed by atoms with Gasteiger partial charge in [-0.1, -0.05) is 34.1 Å². The van der Waals surface area contributed by atoms with Crippen molar-refractivity contribution in [2.45, 2.75) is 13.5 Å². The number of benzene rings is 2. The van der Waals surface area contributed by atoms with Gasteiger partial charge in [-0.3, -0.25) is 0 Å². The average molecular weight is 310 g/mol. The molecule has 0 aliphatic heterocycles. The molecule has 0 amide bonds. The van der Waals surface area contributed by atoms with Crippen LogP contribution in [0.4, 0.5) is 4.39 Å². The summed E-state index contributed by atoms with van der Waals surface area (Å²) in [7, 11) is 0. The molecule has 2 rings (SSSR count). The Morgan fingerprint density at radius 1 is 1.22 bits per heavy atom. The molecule has 18 heavy (non-hydrogen) atoms. The molecule has 2 aromatic carbocycles. The van der Waals surface area contributed by atoms with Crippen molar-refractivity contribution in [1.82, 2.24) is 0 Å². The van der Waals surface area contributed by atoms with E-state index >= 15 is 0 Å². The molecule has 94 valence electrons. The number of halogens is 2. The van der Waals surface area contributed by atoms with Crippen LogP contribution in [0.15, 0.2) is 40.9 Å². The van der Waals surface area contributed by atoms with E-state index in [1.54, 1.807) is 31.2 Å². The Hall–Kier alpha value is -1.39. The number of rotatable bonds is 3. The minimum Gasteiger partial charge on any atom is -0.454 e. The number of hydrogen-bond acceptors (Lipinski definition) is 2. The smallest absolute Gasteiger partial charge is 0.168 e. The quantitative estimate of drug-likeness (QED) is 0.924. The third-order valence-electron chi connectivity index (χ3n) is 2.63. The molecule has 0 heterocycles. The van der Waals surface area contributed by atoms with Crippen LogP contribution in [0, 0.1) is 12.7 Å². The first-order chi connectivity index (χ1) is 8.61. The first-order valence-corrected chi connectivity index (χ1v) is 6.32. The first-order valence-electron chi connectivity index (χ1n) is 5.53. The monoisotopic (exact) mass is 309 g/mol. The van der Waals surface area contributed by atoms with Crippen LogP contribution in [0.1, 0.15) is 11.1 Å². The predicted molar refractivity (Wildman–Crippen MR) is 73.2 cm³/mol. The highest BCUT2D eigenvalue weighted by molar-refractivity contribution is 9.10. The normalized spacial score (nSPS) is 10.4. The summed E-state index contributed by atoms with van der Waals surface area (Å²) in [6.45, 7) is 2.04. The van der Waals surface area contributed by atoms with E-state index in [-0.39, 0.29) is 11.6 Å². The van der Waals surface area contributed by atoms with E-state index < -0.39 is 0 Å². The highest BCUT2D eigenvalue weighted by atomic mass is 79.9. The lowest BCUT2D eigenvalue weighted by Crippen LogP contribution is -2.00. The van der Waals surface area contributed by atoms with Crippen LogP contribution in [0.25, 0.3) is 0 Å². The summed E-state index contributed by atoms with van der Waals surface area (Å²) in [6.07, 6.45) is 0. The fourth-order valence-corrected chi connectivity index (χ4v) is 1.95. The van der Waals surface area contributed by atoms with E-state index in [2.05, 4.69) is 15.9 Å². The fraction of sp³-hybridized carbons (Fsp3) is 0.143. The summed E-state index contributed by atoms with van der Waals surface area (Å²) < 4.78 is 20.3. The molecule has 2 nitrogen and oxygen atoms in total. The SMILES string of the molecule is Cc1cccc(Oc2cc(Br)ccc2CN)c1F.